The molecule has 0 aliphatic carbocycles. The number of imide groups is 1. The van der Waals surface area contributed by atoms with Gasteiger partial charge in [0, 0.05) is 10.0 Å². The summed E-state index contributed by atoms with van der Waals surface area (Å²) in [7, 11) is 0. The topological polar surface area (TPSA) is 54.5 Å². The molecule has 0 fully saturated rings. The molecule has 0 N–H and O–H groups in total. The summed E-state index contributed by atoms with van der Waals surface area (Å²) < 4.78 is 0.832. The highest BCUT2D eigenvalue weighted by Gasteiger charge is 2.39. The first-order valence-electron chi connectivity index (χ1n) is 6.28. The molecule has 0 atom stereocenters. The van der Waals surface area contributed by atoms with E-state index < -0.39 is 17.6 Å². The van der Waals surface area contributed by atoms with Gasteiger partial charge in [-0.3, -0.25) is 14.4 Å². The first kappa shape index (κ1) is 13.7. The van der Waals surface area contributed by atoms with Crippen LogP contribution >= 0.6 is 15.9 Å². The Bertz CT molecular complexity index is 781. The van der Waals surface area contributed by atoms with Crippen LogP contribution in [0.25, 0.3) is 0 Å². The molecule has 0 unspecified atom stereocenters. The van der Waals surface area contributed by atoms with Crippen LogP contribution in [0, 0.1) is 6.92 Å². The second-order valence-corrected chi connectivity index (χ2v) is 5.72. The van der Waals surface area contributed by atoms with Gasteiger partial charge in [0.25, 0.3) is 11.7 Å². The lowest BCUT2D eigenvalue weighted by Crippen LogP contribution is -2.35. The van der Waals surface area contributed by atoms with Gasteiger partial charge in [-0.25, -0.2) is 4.90 Å². The lowest BCUT2D eigenvalue weighted by Gasteiger charge is -2.14. The molecule has 0 bridgehead atoms. The van der Waals surface area contributed by atoms with Crippen molar-refractivity contribution in [3.63, 3.8) is 0 Å². The fraction of sp³-hybridized carbons (Fsp3) is 0.0625. The number of benzene rings is 2. The van der Waals surface area contributed by atoms with E-state index in [2.05, 4.69) is 15.9 Å². The van der Waals surface area contributed by atoms with Crippen molar-refractivity contribution in [3.05, 3.63) is 63.6 Å². The van der Waals surface area contributed by atoms with Gasteiger partial charge in [0.15, 0.2) is 0 Å². The minimum absolute atomic E-state index is 0.283. The zero-order valence-corrected chi connectivity index (χ0v) is 12.7. The third-order valence-electron chi connectivity index (χ3n) is 3.33. The van der Waals surface area contributed by atoms with E-state index in [0.29, 0.717) is 11.3 Å². The Balaban J connectivity index is 2.07. The van der Waals surface area contributed by atoms with E-state index in [9.17, 15) is 14.4 Å². The van der Waals surface area contributed by atoms with Gasteiger partial charge in [-0.1, -0.05) is 27.6 Å². The molecule has 1 aliphatic heterocycles. The van der Waals surface area contributed by atoms with Crippen molar-refractivity contribution >= 4 is 39.2 Å². The minimum Gasteiger partial charge on any atom is -0.283 e. The first-order chi connectivity index (χ1) is 9.99. The van der Waals surface area contributed by atoms with Gasteiger partial charge in [-0.15, -0.1) is 0 Å². The van der Waals surface area contributed by atoms with Gasteiger partial charge < -0.3 is 0 Å². The number of nitrogens with zero attached hydrogens (tertiary/aromatic N) is 1. The van der Waals surface area contributed by atoms with Crippen molar-refractivity contribution in [1.29, 1.82) is 0 Å². The average molecular weight is 344 g/mol. The summed E-state index contributed by atoms with van der Waals surface area (Å²) in [5.41, 5.74) is 1.86. The zero-order chi connectivity index (χ0) is 15.1. The van der Waals surface area contributed by atoms with Crippen LogP contribution in [0.1, 0.15) is 26.3 Å². The number of carbonyl (C=O) groups is 3. The maximum atomic E-state index is 12.5. The number of hydrogen-bond donors (Lipinski definition) is 0. The number of amides is 2. The van der Waals surface area contributed by atoms with Crippen LogP contribution in [-0.4, -0.2) is 17.6 Å². The highest BCUT2D eigenvalue weighted by Crippen LogP contribution is 2.31. The Labute approximate surface area is 129 Å². The van der Waals surface area contributed by atoms with Gasteiger partial charge >= 0.3 is 5.91 Å². The number of fused-ring (bicyclic) bond motifs is 1. The Morgan fingerprint density at radius 3 is 2.38 bits per heavy atom. The molecular formula is C16H10BrNO3. The molecule has 4 nitrogen and oxygen atoms in total. The number of aryl methyl sites for hydroxylation is 1. The first-order valence-corrected chi connectivity index (χ1v) is 7.07. The van der Waals surface area contributed by atoms with Crippen LogP contribution in [0.15, 0.2) is 46.9 Å². The molecule has 2 aromatic rings. The monoisotopic (exact) mass is 343 g/mol. The fourth-order valence-electron chi connectivity index (χ4n) is 2.28. The molecule has 3 rings (SSSR count). The molecule has 2 aromatic carbocycles. The number of rotatable bonds is 1. The van der Waals surface area contributed by atoms with E-state index >= 15 is 0 Å². The molecule has 0 spiro atoms. The Morgan fingerprint density at radius 2 is 1.71 bits per heavy atom. The summed E-state index contributed by atoms with van der Waals surface area (Å²) in [5.74, 6) is -1.94. The number of Topliss-reactive ketones (excluding diaryl/α,β-unsaturated/α-hetero) is 1. The highest BCUT2D eigenvalue weighted by atomic mass is 79.9. The summed E-state index contributed by atoms with van der Waals surface area (Å²) >= 11 is 3.29. The third-order valence-corrected chi connectivity index (χ3v) is 3.86. The van der Waals surface area contributed by atoms with Crippen LogP contribution in [-0.2, 0) is 4.79 Å². The van der Waals surface area contributed by atoms with Crippen LogP contribution < -0.4 is 4.90 Å². The number of ketones is 1. The van der Waals surface area contributed by atoms with Crippen molar-refractivity contribution in [2.24, 2.45) is 0 Å². The Kier molecular flexibility index (Phi) is 3.22. The summed E-state index contributed by atoms with van der Waals surface area (Å²) in [5, 5.41) is 0. The van der Waals surface area contributed by atoms with E-state index in [1.54, 1.807) is 42.5 Å². The lowest BCUT2D eigenvalue weighted by molar-refractivity contribution is -0.113. The Hall–Kier alpha value is -2.27. The van der Waals surface area contributed by atoms with Crippen LogP contribution in [0.2, 0.25) is 0 Å². The standard InChI is InChI=1S/C16H10BrNO3/c1-9-2-7-13-12(8-9)14(19)16(21)18(13)15(20)10-3-5-11(17)6-4-10/h2-8H,1H3. The van der Waals surface area contributed by atoms with Gasteiger partial charge in [0.2, 0.25) is 0 Å². The van der Waals surface area contributed by atoms with Crippen LogP contribution in [0.4, 0.5) is 5.69 Å². The maximum absolute atomic E-state index is 12.5. The molecule has 5 heteroatoms. The molecule has 104 valence electrons. The predicted molar refractivity (Wildman–Crippen MR) is 81.5 cm³/mol. The van der Waals surface area contributed by atoms with E-state index in [0.717, 1.165) is 14.9 Å². The highest BCUT2D eigenvalue weighted by molar-refractivity contribution is 9.10. The zero-order valence-electron chi connectivity index (χ0n) is 11.1. The molecule has 0 saturated heterocycles. The van der Waals surface area contributed by atoms with Crippen molar-refractivity contribution in [3.8, 4) is 0 Å². The molecule has 0 saturated carbocycles. The van der Waals surface area contributed by atoms with E-state index in [1.807, 2.05) is 6.92 Å². The second kappa shape index (κ2) is 4.93. The quantitative estimate of drug-likeness (QED) is 0.590. The molecule has 0 radical (unpaired) electrons. The molecule has 1 aliphatic rings. The van der Waals surface area contributed by atoms with Crippen molar-refractivity contribution < 1.29 is 14.4 Å². The van der Waals surface area contributed by atoms with Crippen molar-refractivity contribution in [2.45, 2.75) is 6.92 Å². The van der Waals surface area contributed by atoms with Crippen molar-refractivity contribution in [2.75, 3.05) is 4.90 Å². The largest absolute Gasteiger partial charge is 0.306 e. The SMILES string of the molecule is Cc1ccc2c(c1)C(=O)C(=O)N2C(=O)c1ccc(Br)cc1. The number of halogens is 1. The van der Waals surface area contributed by atoms with Crippen LogP contribution in [0.3, 0.4) is 0 Å². The average Bonchev–Trinajstić information content (AvgIpc) is 2.71. The summed E-state index contributed by atoms with van der Waals surface area (Å²) in [6.07, 6.45) is 0. The number of carbonyl (C=O) groups excluding carboxylic acids is 3. The molecule has 21 heavy (non-hydrogen) atoms. The third kappa shape index (κ3) is 2.19. The van der Waals surface area contributed by atoms with Gasteiger partial charge in [0.1, 0.15) is 0 Å². The van der Waals surface area contributed by atoms with Gasteiger partial charge in [-0.05, 0) is 43.3 Å². The maximum Gasteiger partial charge on any atom is 0.306 e. The smallest absolute Gasteiger partial charge is 0.283 e. The van der Waals surface area contributed by atoms with E-state index in [1.165, 1.54) is 0 Å². The number of hydrogen-bond acceptors (Lipinski definition) is 3. The fourth-order valence-corrected chi connectivity index (χ4v) is 2.54. The van der Waals surface area contributed by atoms with Crippen LogP contribution in [0.5, 0.6) is 0 Å². The molecular weight excluding hydrogens is 334 g/mol. The number of anilines is 1. The van der Waals surface area contributed by atoms with Crippen molar-refractivity contribution in [1.82, 2.24) is 0 Å². The summed E-state index contributed by atoms with van der Waals surface area (Å²) in [6.45, 7) is 1.83. The molecule has 0 aromatic heterocycles. The van der Waals surface area contributed by atoms with Gasteiger partial charge in [0.05, 0.1) is 11.3 Å². The summed E-state index contributed by atoms with van der Waals surface area (Å²) in [4.78, 5) is 37.5. The predicted octanol–water partition coefficient (Wildman–Crippen LogP) is 3.13. The van der Waals surface area contributed by atoms with E-state index in [4.69, 9.17) is 0 Å². The molecule has 1 heterocycles. The second-order valence-electron chi connectivity index (χ2n) is 4.80. The van der Waals surface area contributed by atoms with Gasteiger partial charge in [-0.2, -0.15) is 0 Å². The summed E-state index contributed by atoms with van der Waals surface area (Å²) in [6, 6.07) is 11.7. The van der Waals surface area contributed by atoms with E-state index in [-0.39, 0.29) is 5.56 Å². The lowest BCUT2D eigenvalue weighted by atomic mass is 10.1. The minimum atomic E-state index is -0.802. The Morgan fingerprint density at radius 1 is 1.05 bits per heavy atom. The normalized spacial score (nSPS) is 13.5. The molecule has 2 amide bonds.